The average molecular weight is 491 g/mol. The maximum atomic E-state index is 10.2. The SMILES string of the molecule is O=C(O)CC(C(=O)O)S(=O)(=O)O.[CH2-]COCCCCCCCCCCCCCCCC.[Na+]. The molecule has 0 aromatic carbocycles. The van der Waals surface area contributed by atoms with E-state index < -0.39 is 33.7 Å². The quantitative estimate of drug-likeness (QED) is 0.102. The second kappa shape index (κ2) is 25.4. The Morgan fingerprint density at radius 1 is 0.812 bits per heavy atom. The Morgan fingerprint density at radius 3 is 1.44 bits per heavy atom. The van der Waals surface area contributed by atoms with Gasteiger partial charge in [-0.3, -0.25) is 14.1 Å². The summed E-state index contributed by atoms with van der Waals surface area (Å²) in [5.41, 5.74) is 0. The number of hydrogen-bond donors (Lipinski definition) is 3. The zero-order valence-electron chi connectivity index (χ0n) is 20.1. The van der Waals surface area contributed by atoms with Gasteiger partial charge in [-0.05, 0) is 6.42 Å². The van der Waals surface area contributed by atoms with Crippen LogP contribution in [0.5, 0.6) is 0 Å². The van der Waals surface area contributed by atoms with E-state index in [0.29, 0.717) is 6.61 Å². The van der Waals surface area contributed by atoms with E-state index in [0.717, 1.165) is 6.61 Å². The Bertz CT molecular complexity index is 524. The third-order valence-corrected chi connectivity index (χ3v) is 5.87. The Hall–Kier alpha value is -0.190. The minimum Gasteiger partial charge on any atom is -0.481 e. The number of aliphatic carboxylic acids is 2. The van der Waals surface area contributed by atoms with Crippen LogP contribution in [0.3, 0.4) is 0 Å². The van der Waals surface area contributed by atoms with E-state index in [4.69, 9.17) is 19.5 Å². The van der Waals surface area contributed by atoms with Gasteiger partial charge in [0.25, 0.3) is 10.1 Å². The van der Waals surface area contributed by atoms with Crippen molar-refractivity contribution in [3.05, 3.63) is 6.92 Å². The van der Waals surface area contributed by atoms with Gasteiger partial charge < -0.3 is 21.9 Å². The van der Waals surface area contributed by atoms with Crippen LogP contribution in [0.25, 0.3) is 0 Å². The van der Waals surface area contributed by atoms with Crippen LogP contribution in [-0.4, -0.2) is 53.6 Å². The van der Waals surface area contributed by atoms with Crippen LogP contribution in [-0.2, 0) is 24.4 Å². The number of ether oxygens (including phenoxy) is 1. The number of carboxylic acids is 2. The van der Waals surface area contributed by atoms with E-state index in [9.17, 15) is 18.0 Å². The van der Waals surface area contributed by atoms with Crippen molar-refractivity contribution in [1.29, 1.82) is 0 Å². The molecule has 1 unspecified atom stereocenters. The summed E-state index contributed by atoms with van der Waals surface area (Å²) in [6, 6.07) is 0. The summed E-state index contributed by atoms with van der Waals surface area (Å²) in [4.78, 5) is 20.0. The van der Waals surface area contributed by atoms with Gasteiger partial charge in [0.15, 0.2) is 5.25 Å². The largest absolute Gasteiger partial charge is 1.00 e. The van der Waals surface area contributed by atoms with Gasteiger partial charge in [0.1, 0.15) is 0 Å². The van der Waals surface area contributed by atoms with E-state index in [-0.39, 0.29) is 29.6 Å². The maximum absolute atomic E-state index is 10.2. The van der Waals surface area contributed by atoms with E-state index in [1.807, 2.05) is 0 Å². The van der Waals surface area contributed by atoms with Crippen molar-refractivity contribution in [2.75, 3.05) is 13.2 Å². The van der Waals surface area contributed by atoms with Crippen molar-refractivity contribution in [3.63, 3.8) is 0 Å². The summed E-state index contributed by atoms with van der Waals surface area (Å²) in [5, 5.41) is 13.9. The molecule has 0 saturated heterocycles. The molecule has 0 bridgehead atoms. The summed E-state index contributed by atoms with van der Waals surface area (Å²) in [6.45, 7) is 7.48. The van der Waals surface area contributed by atoms with Crippen LogP contribution in [0.1, 0.15) is 103 Å². The Labute approximate surface area is 216 Å². The minimum absolute atomic E-state index is 0. The fourth-order valence-electron chi connectivity index (χ4n) is 2.98. The van der Waals surface area contributed by atoms with Crippen LogP contribution in [0.15, 0.2) is 0 Å². The molecule has 3 N–H and O–H groups in total. The molecule has 0 radical (unpaired) electrons. The molecule has 0 heterocycles. The van der Waals surface area contributed by atoms with Crippen molar-refractivity contribution in [2.24, 2.45) is 0 Å². The summed E-state index contributed by atoms with van der Waals surface area (Å²) in [5.74, 6) is -3.50. The zero-order chi connectivity index (χ0) is 24.0. The summed E-state index contributed by atoms with van der Waals surface area (Å²) >= 11 is 0. The minimum atomic E-state index is -4.84. The first-order chi connectivity index (χ1) is 14.7. The van der Waals surface area contributed by atoms with Gasteiger partial charge in [0, 0.05) is 6.61 Å². The van der Waals surface area contributed by atoms with Crippen LogP contribution in [0, 0.1) is 6.92 Å². The first kappa shape index (κ1) is 36.4. The second-order valence-corrected chi connectivity index (χ2v) is 9.25. The number of rotatable bonds is 20. The molecule has 0 aromatic heterocycles. The molecule has 0 aromatic rings. The molecule has 0 spiro atoms. The molecule has 32 heavy (non-hydrogen) atoms. The Morgan fingerprint density at radius 2 is 1.19 bits per heavy atom. The van der Waals surface area contributed by atoms with Gasteiger partial charge in [-0.15, -0.1) is 0 Å². The Balaban J connectivity index is -0.000000561. The smallest absolute Gasteiger partial charge is 0.481 e. The molecular formula is C22H43NaO8S. The molecule has 0 rings (SSSR count). The third kappa shape index (κ3) is 27.8. The van der Waals surface area contributed by atoms with Crippen molar-refractivity contribution in [3.8, 4) is 0 Å². The van der Waals surface area contributed by atoms with Crippen molar-refractivity contribution >= 4 is 22.1 Å². The van der Waals surface area contributed by atoms with Crippen molar-refractivity contribution < 1.29 is 67.1 Å². The summed E-state index contributed by atoms with van der Waals surface area (Å²) in [6.07, 6.45) is 18.6. The van der Waals surface area contributed by atoms with Crippen LogP contribution in [0.2, 0.25) is 0 Å². The Kier molecular flexibility index (Phi) is 28.9. The molecular weight excluding hydrogens is 447 g/mol. The third-order valence-electron chi connectivity index (χ3n) is 4.78. The van der Waals surface area contributed by atoms with Crippen LogP contribution in [0.4, 0.5) is 0 Å². The molecule has 186 valence electrons. The van der Waals surface area contributed by atoms with Gasteiger partial charge in [-0.1, -0.05) is 97.0 Å². The predicted molar refractivity (Wildman–Crippen MR) is 122 cm³/mol. The molecule has 0 saturated carbocycles. The molecule has 0 aliphatic rings. The summed E-state index contributed by atoms with van der Waals surface area (Å²) < 4.78 is 33.9. The van der Waals surface area contributed by atoms with Crippen molar-refractivity contribution in [2.45, 2.75) is 108 Å². The topological polar surface area (TPSA) is 138 Å². The number of carboxylic acid groups (broad SMARTS) is 2. The predicted octanol–water partition coefficient (Wildman–Crippen LogP) is 2.12. The van der Waals surface area contributed by atoms with Gasteiger partial charge in [-0.25, -0.2) is 0 Å². The van der Waals surface area contributed by atoms with E-state index in [2.05, 4.69) is 13.8 Å². The molecule has 0 fully saturated rings. The van der Waals surface area contributed by atoms with Gasteiger partial charge in [0.2, 0.25) is 0 Å². The van der Waals surface area contributed by atoms with E-state index in [1.165, 1.54) is 89.9 Å². The molecule has 0 aliphatic carbocycles. The number of unbranched alkanes of at least 4 members (excludes halogenated alkanes) is 13. The average Bonchev–Trinajstić information content (AvgIpc) is 2.68. The normalized spacial score (nSPS) is 11.7. The van der Waals surface area contributed by atoms with E-state index in [1.54, 1.807) is 0 Å². The van der Waals surface area contributed by atoms with Crippen molar-refractivity contribution in [1.82, 2.24) is 0 Å². The van der Waals surface area contributed by atoms with E-state index >= 15 is 0 Å². The molecule has 8 nitrogen and oxygen atoms in total. The summed E-state index contributed by atoms with van der Waals surface area (Å²) in [7, 11) is -4.84. The second-order valence-electron chi connectivity index (χ2n) is 7.65. The zero-order valence-corrected chi connectivity index (χ0v) is 22.9. The first-order valence-corrected chi connectivity index (χ1v) is 12.9. The fourth-order valence-corrected chi connectivity index (χ4v) is 3.59. The van der Waals surface area contributed by atoms with Crippen LogP contribution >= 0.6 is 0 Å². The number of hydrogen-bond acceptors (Lipinski definition) is 5. The maximum Gasteiger partial charge on any atom is 1.00 e. The molecule has 0 amide bonds. The van der Waals surface area contributed by atoms with Gasteiger partial charge in [0.05, 0.1) is 6.42 Å². The standard InChI is InChI=1S/C18H37O.C4H6O7S.Na/c1-3-5-6-7-8-9-10-11-12-13-14-15-16-17-18-19-4-2;5-3(6)1-2(4(7)8)12(9,10)11;/h2-18H2,1H3;2H,1H2,(H,5,6)(H,7,8)(H,9,10,11);/q-1;;+1. The van der Waals surface area contributed by atoms with Crippen LogP contribution < -0.4 is 29.6 Å². The molecule has 0 aliphatic heterocycles. The molecule has 1 atom stereocenters. The van der Waals surface area contributed by atoms with Gasteiger partial charge >= 0.3 is 41.5 Å². The molecule has 10 heteroatoms. The first-order valence-electron chi connectivity index (χ1n) is 11.4. The van der Waals surface area contributed by atoms with Gasteiger partial charge in [-0.2, -0.15) is 8.42 Å². The monoisotopic (exact) mass is 490 g/mol. The fraction of sp³-hybridized carbons (Fsp3) is 0.864. The number of carbonyl (C=O) groups is 2.